The number of hydrogen-bond acceptors (Lipinski definition) is 7. The molecule has 7 rings (SSSR count). The molecule has 1 aromatic carbocycles. The summed E-state index contributed by atoms with van der Waals surface area (Å²) in [6, 6.07) is 6.18. The van der Waals surface area contributed by atoms with Crippen LogP contribution >= 0.6 is 11.6 Å². The molecule has 3 fully saturated rings. The molecule has 0 bridgehead atoms. The molecule has 35 heavy (non-hydrogen) atoms. The van der Waals surface area contributed by atoms with Crippen molar-refractivity contribution in [1.29, 1.82) is 0 Å². The predicted octanol–water partition coefficient (Wildman–Crippen LogP) is 4.26. The Morgan fingerprint density at radius 2 is 1.94 bits per heavy atom. The summed E-state index contributed by atoms with van der Waals surface area (Å²) < 4.78 is 29.4. The van der Waals surface area contributed by atoms with Crippen LogP contribution in [0.5, 0.6) is 0 Å². The van der Waals surface area contributed by atoms with Gasteiger partial charge in [0.2, 0.25) is 11.9 Å². The fraction of sp³-hybridized carbons (Fsp3) is 0.500. The van der Waals surface area contributed by atoms with Gasteiger partial charge in [0.05, 0.1) is 11.9 Å². The number of anilines is 4. The minimum atomic E-state index is -0.858. The van der Waals surface area contributed by atoms with E-state index in [9.17, 15) is 8.78 Å². The van der Waals surface area contributed by atoms with Gasteiger partial charge in [-0.25, -0.2) is 13.5 Å². The molecule has 1 N–H and O–H groups in total. The second-order valence-corrected chi connectivity index (χ2v) is 10.6. The van der Waals surface area contributed by atoms with Crippen LogP contribution in [0.1, 0.15) is 25.7 Å². The highest BCUT2D eigenvalue weighted by atomic mass is 35.5. The van der Waals surface area contributed by atoms with Crippen molar-refractivity contribution < 1.29 is 8.78 Å². The first-order valence-corrected chi connectivity index (χ1v) is 12.6. The zero-order valence-electron chi connectivity index (χ0n) is 19.0. The Morgan fingerprint density at radius 3 is 2.74 bits per heavy atom. The monoisotopic (exact) mass is 498 g/mol. The molecule has 2 aromatic heterocycles. The standard InChI is InChI=1S/C24H25ClF2N8/c25-20-10-15(11-28-31-20)33-12-17-21(16-5-6-24(16,17)13-33)29-22-30-23-34(7-1-2-8-35(23)32-22)14-3-4-18(26)19(27)9-14/h3-4,9-11,16-17,21H,1-2,5-8,12-13H2,(H,29,32)/t16?,17-,21+,24?/m0/s1. The van der Waals surface area contributed by atoms with Crippen molar-refractivity contribution in [2.75, 3.05) is 34.8 Å². The van der Waals surface area contributed by atoms with E-state index >= 15 is 0 Å². The van der Waals surface area contributed by atoms with E-state index in [1.807, 2.05) is 15.6 Å². The lowest BCUT2D eigenvalue weighted by Gasteiger charge is -2.65. The molecule has 11 heteroatoms. The van der Waals surface area contributed by atoms with Crippen LogP contribution in [0, 0.1) is 28.9 Å². The van der Waals surface area contributed by atoms with Crippen LogP contribution < -0.4 is 15.1 Å². The number of nitrogens with zero attached hydrogens (tertiary/aromatic N) is 7. The topological polar surface area (TPSA) is 75.0 Å². The highest BCUT2D eigenvalue weighted by Crippen LogP contribution is 2.68. The van der Waals surface area contributed by atoms with E-state index in [4.69, 9.17) is 21.7 Å². The third-order valence-corrected chi connectivity index (χ3v) is 8.73. The first-order valence-electron chi connectivity index (χ1n) is 12.2. The summed E-state index contributed by atoms with van der Waals surface area (Å²) >= 11 is 6.08. The Balaban J connectivity index is 1.13. The maximum absolute atomic E-state index is 14.0. The second kappa shape index (κ2) is 7.74. The van der Waals surface area contributed by atoms with Gasteiger partial charge < -0.3 is 15.1 Å². The molecule has 4 heterocycles. The van der Waals surface area contributed by atoms with E-state index in [0.29, 0.717) is 52.6 Å². The van der Waals surface area contributed by atoms with E-state index < -0.39 is 11.6 Å². The Bertz CT molecular complexity index is 1300. The highest BCUT2D eigenvalue weighted by molar-refractivity contribution is 6.29. The Morgan fingerprint density at radius 1 is 1.06 bits per heavy atom. The predicted molar refractivity (Wildman–Crippen MR) is 128 cm³/mol. The van der Waals surface area contributed by atoms with Gasteiger partial charge in [0, 0.05) is 56.0 Å². The Kier molecular flexibility index (Phi) is 4.71. The van der Waals surface area contributed by atoms with Crippen molar-refractivity contribution in [3.05, 3.63) is 47.2 Å². The summed E-state index contributed by atoms with van der Waals surface area (Å²) in [4.78, 5) is 9.13. The van der Waals surface area contributed by atoms with Crippen molar-refractivity contribution in [3.63, 3.8) is 0 Å². The van der Waals surface area contributed by atoms with Crippen molar-refractivity contribution in [1.82, 2.24) is 25.0 Å². The number of aromatic nitrogens is 5. The summed E-state index contributed by atoms with van der Waals surface area (Å²) in [5, 5.41) is 16.7. The van der Waals surface area contributed by atoms with Crippen LogP contribution in [-0.2, 0) is 6.54 Å². The van der Waals surface area contributed by atoms with Crippen LogP contribution in [0.3, 0.4) is 0 Å². The van der Waals surface area contributed by atoms with Gasteiger partial charge in [0.1, 0.15) is 0 Å². The van der Waals surface area contributed by atoms with Crippen LogP contribution in [0.4, 0.5) is 32.1 Å². The zero-order valence-corrected chi connectivity index (χ0v) is 19.8. The maximum atomic E-state index is 14.0. The molecular formula is C24H25ClF2N8. The van der Waals surface area contributed by atoms with Gasteiger partial charge in [-0.1, -0.05) is 11.6 Å². The summed E-state index contributed by atoms with van der Waals surface area (Å²) in [6.07, 6.45) is 6.09. The molecule has 2 saturated carbocycles. The number of hydrogen-bond donors (Lipinski definition) is 1. The average Bonchev–Trinajstić information content (AvgIpc) is 3.36. The SMILES string of the molecule is Fc1ccc(N2CCCCn3nc(N[C@@H]4C5CCC56CN(c5cnnc(Cl)c5)C[C@@H]46)nc32)cc1F. The lowest BCUT2D eigenvalue weighted by atomic mass is 9.41. The fourth-order valence-electron chi connectivity index (χ4n) is 6.79. The van der Waals surface area contributed by atoms with Crippen molar-refractivity contribution in [2.45, 2.75) is 38.3 Å². The van der Waals surface area contributed by atoms with Crippen LogP contribution in [0.25, 0.3) is 0 Å². The van der Waals surface area contributed by atoms with Crippen molar-refractivity contribution >= 4 is 34.9 Å². The van der Waals surface area contributed by atoms with Gasteiger partial charge in [-0.05, 0) is 49.1 Å². The molecule has 1 spiro atoms. The molecule has 8 nitrogen and oxygen atoms in total. The lowest BCUT2D eigenvalue weighted by Crippen LogP contribution is -2.68. The van der Waals surface area contributed by atoms with Gasteiger partial charge in [0.25, 0.3) is 0 Å². The smallest absolute Gasteiger partial charge is 0.244 e. The third kappa shape index (κ3) is 3.22. The molecule has 4 atom stereocenters. The first kappa shape index (κ1) is 21.3. The number of fused-ring (bicyclic) bond motifs is 1. The number of benzene rings is 1. The zero-order chi connectivity index (χ0) is 23.7. The molecule has 0 amide bonds. The van der Waals surface area contributed by atoms with Gasteiger partial charge in [-0.2, -0.15) is 10.1 Å². The first-order chi connectivity index (χ1) is 17.0. The molecule has 2 unspecified atom stereocenters. The molecule has 2 aliphatic heterocycles. The molecule has 2 aliphatic carbocycles. The summed E-state index contributed by atoms with van der Waals surface area (Å²) in [7, 11) is 0. The average molecular weight is 499 g/mol. The fourth-order valence-corrected chi connectivity index (χ4v) is 6.95. The van der Waals surface area contributed by atoms with Gasteiger partial charge in [-0.3, -0.25) is 0 Å². The van der Waals surface area contributed by atoms with Crippen LogP contribution in [0.15, 0.2) is 30.5 Å². The number of halogens is 3. The van der Waals surface area contributed by atoms with Crippen molar-refractivity contribution in [2.24, 2.45) is 17.3 Å². The number of rotatable bonds is 4. The van der Waals surface area contributed by atoms with E-state index in [1.165, 1.54) is 18.9 Å². The van der Waals surface area contributed by atoms with E-state index in [2.05, 4.69) is 20.4 Å². The molecular weight excluding hydrogens is 474 g/mol. The van der Waals surface area contributed by atoms with Crippen LogP contribution in [0.2, 0.25) is 5.15 Å². The molecule has 182 valence electrons. The third-order valence-electron chi connectivity index (χ3n) is 8.55. The summed E-state index contributed by atoms with van der Waals surface area (Å²) in [6.45, 7) is 3.37. The maximum Gasteiger partial charge on any atom is 0.244 e. The van der Waals surface area contributed by atoms with E-state index in [0.717, 1.165) is 44.2 Å². The van der Waals surface area contributed by atoms with E-state index in [1.54, 1.807) is 12.3 Å². The number of aryl methyl sites for hydroxylation is 1. The Hall–Kier alpha value is -3.01. The van der Waals surface area contributed by atoms with E-state index in [-0.39, 0.29) is 0 Å². The lowest BCUT2D eigenvalue weighted by molar-refractivity contribution is -0.117. The molecule has 3 aromatic rings. The van der Waals surface area contributed by atoms with Crippen LogP contribution in [-0.4, -0.2) is 50.6 Å². The normalized spacial score (nSPS) is 28.9. The minimum absolute atomic E-state index is 0.308. The Labute approximate surface area is 206 Å². The second-order valence-electron chi connectivity index (χ2n) is 10.2. The highest BCUT2D eigenvalue weighted by Gasteiger charge is 2.70. The largest absolute Gasteiger partial charge is 0.369 e. The summed E-state index contributed by atoms with van der Waals surface area (Å²) in [5.41, 5.74) is 1.94. The van der Waals surface area contributed by atoms with Crippen molar-refractivity contribution in [3.8, 4) is 0 Å². The minimum Gasteiger partial charge on any atom is -0.369 e. The molecule has 1 saturated heterocycles. The van der Waals surface area contributed by atoms with Gasteiger partial charge in [0.15, 0.2) is 16.8 Å². The van der Waals surface area contributed by atoms with Gasteiger partial charge >= 0.3 is 0 Å². The quantitative estimate of drug-likeness (QED) is 0.576. The summed E-state index contributed by atoms with van der Waals surface area (Å²) in [5.74, 6) is 0.653. The van der Waals surface area contributed by atoms with Gasteiger partial charge in [-0.15, -0.1) is 10.2 Å². The molecule has 0 radical (unpaired) electrons. The molecule has 4 aliphatic rings. The number of nitrogens with one attached hydrogen (secondary N) is 1.